The molecule has 1 N–H and O–H groups in total. The van der Waals surface area contributed by atoms with E-state index in [2.05, 4.69) is 15.3 Å². The molecule has 88 valence electrons. The minimum absolute atomic E-state index is 0.204. The Hall–Kier alpha value is -1.97. The van der Waals surface area contributed by atoms with Crippen molar-refractivity contribution in [3.05, 3.63) is 42.0 Å². The van der Waals surface area contributed by atoms with Crippen molar-refractivity contribution in [2.75, 3.05) is 11.9 Å². The van der Waals surface area contributed by atoms with Crippen LogP contribution in [0, 0.1) is 12.7 Å². The second-order valence-electron chi connectivity index (χ2n) is 3.78. The highest BCUT2D eigenvalue weighted by atomic mass is 19.1. The van der Waals surface area contributed by atoms with Gasteiger partial charge < -0.3 is 5.32 Å². The molecular formula is C13H14FN3. The lowest BCUT2D eigenvalue weighted by molar-refractivity contribution is 0.619. The third-order valence-corrected chi connectivity index (χ3v) is 2.45. The minimum Gasteiger partial charge on any atom is -0.369 e. The Morgan fingerprint density at radius 2 is 2.12 bits per heavy atom. The Morgan fingerprint density at radius 3 is 2.82 bits per heavy atom. The standard InChI is InChI=1S/C13H14FN3/c1-3-16-13-8-15-7-12(17-13)10-4-5-11(14)9(2)6-10/h4-8H,3H2,1-2H3,(H,16,17). The van der Waals surface area contributed by atoms with Crippen LogP contribution >= 0.6 is 0 Å². The van der Waals surface area contributed by atoms with Crippen LogP contribution in [0.15, 0.2) is 30.6 Å². The van der Waals surface area contributed by atoms with Gasteiger partial charge in [0, 0.05) is 12.1 Å². The van der Waals surface area contributed by atoms with Crippen molar-refractivity contribution in [2.24, 2.45) is 0 Å². The molecule has 0 radical (unpaired) electrons. The molecule has 1 heterocycles. The summed E-state index contributed by atoms with van der Waals surface area (Å²) in [6.45, 7) is 4.53. The first kappa shape index (κ1) is 11.5. The average molecular weight is 231 g/mol. The van der Waals surface area contributed by atoms with Crippen molar-refractivity contribution in [3.8, 4) is 11.3 Å². The molecule has 0 saturated heterocycles. The molecule has 0 aliphatic carbocycles. The summed E-state index contributed by atoms with van der Waals surface area (Å²) >= 11 is 0. The molecule has 2 rings (SSSR count). The molecule has 0 aliphatic heterocycles. The summed E-state index contributed by atoms with van der Waals surface area (Å²) in [5, 5.41) is 3.10. The van der Waals surface area contributed by atoms with Crippen molar-refractivity contribution in [1.82, 2.24) is 9.97 Å². The van der Waals surface area contributed by atoms with Gasteiger partial charge in [-0.3, -0.25) is 4.98 Å². The smallest absolute Gasteiger partial charge is 0.145 e. The van der Waals surface area contributed by atoms with Gasteiger partial charge in [-0.05, 0) is 37.6 Å². The monoisotopic (exact) mass is 231 g/mol. The Balaban J connectivity index is 2.38. The molecule has 0 fully saturated rings. The molecular weight excluding hydrogens is 217 g/mol. The van der Waals surface area contributed by atoms with Gasteiger partial charge in [0.15, 0.2) is 0 Å². The predicted octanol–water partition coefficient (Wildman–Crippen LogP) is 3.02. The predicted molar refractivity (Wildman–Crippen MR) is 66.3 cm³/mol. The fourth-order valence-corrected chi connectivity index (χ4v) is 1.58. The molecule has 3 nitrogen and oxygen atoms in total. The number of nitrogens with one attached hydrogen (secondary N) is 1. The number of rotatable bonds is 3. The highest BCUT2D eigenvalue weighted by molar-refractivity contribution is 5.60. The Morgan fingerprint density at radius 1 is 1.29 bits per heavy atom. The lowest BCUT2D eigenvalue weighted by atomic mass is 10.1. The molecule has 0 spiro atoms. The SMILES string of the molecule is CCNc1cncc(-c2ccc(F)c(C)c2)n1. The zero-order valence-electron chi connectivity index (χ0n) is 9.87. The van der Waals surface area contributed by atoms with Crippen LogP contribution < -0.4 is 5.32 Å². The number of aryl methyl sites for hydroxylation is 1. The molecule has 1 aromatic heterocycles. The van der Waals surface area contributed by atoms with Crippen LogP contribution in [0.1, 0.15) is 12.5 Å². The second kappa shape index (κ2) is 4.91. The maximum atomic E-state index is 13.2. The first-order valence-corrected chi connectivity index (χ1v) is 5.53. The first-order chi connectivity index (χ1) is 8.20. The van der Waals surface area contributed by atoms with Gasteiger partial charge in [0.1, 0.15) is 11.6 Å². The lowest BCUT2D eigenvalue weighted by Gasteiger charge is -2.06. The first-order valence-electron chi connectivity index (χ1n) is 5.53. The summed E-state index contributed by atoms with van der Waals surface area (Å²) < 4.78 is 13.2. The molecule has 0 atom stereocenters. The van der Waals surface area contributed by atoms with Crippen LogP contribution in [-0.4, -0.2) is 16.5 Å². The summed E-state index contributed by atoms with van der Waals surface area (Å²) in [6.07, 6.45) is 3.34. The van der Waals surface area contributed by atoms with Gasteiger partial charge in [0.2, 0.25) is 0 Å². The topological polar surface area (TPSA) is 37.8 Å². The molecule has 0 saturated carbocycles. The van der Waals surface area contributed by atoms with E-state index in [1.54, 1.807) is 31.5 Å². The molecule has 2 aromatic rings. The highest BCUT2D eigenvalue weighted by Gasteiger charge is 2.04. The van der Waals surface area contributed by atoms with E-state index in [9.17, 15) is 4.39 Å². The molecule has 0 amide bonds. The van der Waals surface area contributed by atoms with E-state index in [0.717, 1.165) is 23.6 Å². The number of aromatic nitrogens is 2. The summed E-state index contributed by atoms with van der Waals surface area (Å²) in [5.74, 6) is 0.525. The molecule has 0 unspecified atom stereocenters. The molecule has 4 heteroatoms. The van der Waals surface area contributed by atoms with Crippen LogP contribution in [0.3, 0.4) is 0 Å². The zero-order chi connectivity index (χ0) is 12.3. The van der Waals surface area contributed by atoms with Crippen molar-refractivity contribution < 1.29 is 4.39 Å². The van der Waals surface area contributed by atoms with E-state index in [1.807, 2.05) is 6.92 Å². The highest BCUT2D eigenvalue weighted by Crippen LogP contribution is 2.20. The van der Waals surface area contributed by atoms with E-state index in [4.69, 9.17) is 0 Å². The van der Waals surface area contributed by atoms with E-state index in [1.165, 1.54) is 6.07 Å². The lowest BCUT2D eigenvalue weighted by Crippen LogP contribution is -2.00. The number of hydrogen-bond donors (Lipinski definition) is 1. The van der Waals surface area contributed by atoms with Gasteiger partial charge in [-0.25, -0.2) is 9.37 Å². The number of anilines is 1. The number of nitrogens with zero attached hydrogens (tertiary/aromatic N) is 2. The molecule has 0 aliphatic rings. The van der Waals surface area contributed by atoms with Gasteiger partial charge >= 0.3 is 0 Å². The van der Waals surface area contributed by atoms with Crippen LogP contribution in [0.25, 0.3) is 11.3 Å². The Labute approximate surface area is 99.7 Å². The third kappa shape index (κ3) is 2.58. The maximum absolute atomic E-state index is 13.2. The minimum atomic E-state index is -0.204. The van der Waals surface area contributed by atoms with Crippen LogP contribution in [0.4, 0.5) is 10.2 Å². The van der Waals surface area contributed by atoms with E-state index in [-0.39, 0.29) is 5.82 Å². The maximum Gasteiger partial charge on any atom is 0.145 e. The molecule has 1 aromatic carbocycles. The number of hydrogen-bond acceptors (Lipinski definition) is 3. The third-order valence-electron chi connectivity index (χ3n) is 2.45. The van der Waals surface area contributed by atoms with Gasteiger partial charge in [-0.1, -0.05) is 0 Å². The van der Waals surface area contributed by atoms with Crippen molar-refractivity contribution >= 4 is 5.82 Å². The quantitative estimate of drug-likeness (QED) is 0.882. The van der Waals surface area contributed by atoms with Gasteiger partial charge in [-0.15, -0.1) is 0 Å². The van der Waals surface area contributed by atoms with Crippen LogP contribution in [-0.2, 0) is 0 Å². The fraction of sp³-hybridized carbons (Fsp3) is 0.231. The fourth-order valence-electron chi connectivity index (χ4n) is 1.58. The van der Waals surface area contributed by atoms with E-state index < -0.39 is 0 Å². The number of halogens is 1. The summed E-state index contributed by atoms with van der Waals surface area (Å²) in [6, 6.07) is 4.93. The van der Waals surface area contributed by atoms with Gasteiger partial charge in [0.25, 0.3) is 0 Å². The van der Waals surface area contributed by atoms with Gasteiger partial charge in [-0.2, -0.15) is 0 Å². The number of benzene rings is 1. The molecule has 17 heavy (non-hydrogen) atoms. The summed E-state index contributed by atoms with van der Waals surface area (Å²) in [5.41, 5.74) is 2.22. The van der Waals surface area contributed by atoms with Crippen molar-refractivity contribution in [3.63, 3.8) is 0 Å². The van der Waals surface area contributed by atoms with E-state index >= 15 is 0 Å². The van der Waals surface area contributed by atoms with E-state index in [0.29, 0.717) is 5.56 Å². The van der Waals surface area contributed by atoms with Crippen LogP contribution in [0.5, 0.6) is 0 Å². The molecule has 0 bridgehead atoms. The van der Waals surface area contributed by atoms with Gasteiger partial charge in [0.05, 0.1) is 18.1 Å². The Bertz CT molecular complexity index is 526. The average Bonchev–Trinajstić information content (AvgIpc) is 2.33. The Kier molecular flexibility index (Phi) is 3.32. The normalized spacial score (nSPS) is 10.3. The summed E-state index contributed by atoms with van der Waals surface area (Å²) in [7, 11) is 0. The largest absolute Gasteiger partial charge is 0.369 e. The summed E-state index contributed by atoms with van der Waals surface area (Å²) in [4.78, 5) is 8.52. The zero-order valence-corrected chi connectivity index (χ0v) is 9.87. The van der Waals surface area contributed by atoms with Crippen molar-refractivity contribution in [2.45, 2.75) is 13.8 Å². The second-order valence-corrected chi connectivity index (χ2v) is 3.78. The van der Waals surface area contributed by atoms with Crippen LogP contribution in [0.2, 0.25) is 0 Å². The van der Waals surface area contributed by atoms with Crippen molar-refractivity contribution in [1.29, 1.82) is 0 Å².